The largest absolute Gasteiger partial charge is 0.308 e. The van der Waals surface area contributed by atoms with Gasteiger partial charge in [-0.2, -0.15) is 0 Å². The molecule has 224 valence electrons. The Kier molecular flexibility index (Phi) is 5.07. The highest BCUT2D eigenvalue weighted by molar-refractivity contribution is 7.23. The summed E-state index contributed by atoms with van der Waals surface area (Å²) in [5.74, 6) is 0.938. The van der Waals surface area contributed by atoms with E-state index in [4.69, 9.17) is 4.99 Å². The molecule has 0 N–H and O–H groups in total. The molecule has 3 nitrogen and oxygen atoms in total. The summed E-state index contributed by atoms with van der Waals surface area (Å²) in [5, 5.41) is 12.4. The highest BCUT2D eigenvalue weighted by Gasteiger charge is 2.25. The van der Waals surface area contributed by atoms with Gasteiger partial charge in [0.15, 0.2) is 0 Å². The first kappa shape index (κ1) is 26.1. The lowest BCUT2D eigenvalue weighted by molar-refractivity contribution is 1.24. The first-order valence-electron chi connectivity index (χ1n) is 16.3. The van der Waals surface area contributed by atoms with Crippen molar-refractivity contribution >= 4 is 109 Å². The smallest absolute Gasteiger partial charge is 0.127 e. The van der Waals surface area contributed by atoms with Crippen LogP contribution in [0.3, 0.4) is 0 Å². The van der Waals surface area contributed by atoms with Crippen LogP contribution >= 0.6 is 11.3 Å². The van der Waals surface area contributed by atoms with Crippen molar-refractivity contribution < 1.29 is 0 Å². The van der Waals surface area contributed by atoms with Gasteiger partial charge in [0.2, 0.25) is 0 Å². The summed E-state index contributed by atoms with van der Waals surface area (Å²) < 4.78 is 6.11. The molecule has 11 rings (SSSR count). The van der Waals surface area contributed by atoms with Crippen LogP contribution in [0.2, 0.25) is 0 Å². The molecule has 7 aromatic carbocycles. The number of hydrogen-bond donors (Lipinski definition) is 0. The fraction of sp³-hybridized carbons (Fsp3) is 0.0227. The Bertz CT molecular complexity index is 3130. The lowest BCUT2D eigenvalue weighted by Gasteiger charge is -2.11. The Morgan fingerprint density at radius 3 is 2.06 bits per heavy atom. The maximum Gasteiger partial charge on any atom is 0.127 e. The molecule has 4 heterocycles. The van der Waals surface area contributed by atoms with Crippen LogP contribution in [-0.4, -0.2) is 14.8 Å². The molecule has 0 unspecified atom stereocenters. The van der Waals surface area contributed by atoms with E-state index >= 15 is 0 Å². The normalized spacial score (nSPS) is 12.9. The SMILES string of the molecule is C=C(c1ccccc1)c1c(N=C(C)n2c3ccc4cccc5c4c3c3c4c(ccc6c7ccccc7n5c64)ccc32)sc2ccccc12. The molecule has 4 heteroatoms. The van der Waals surface area contributed by atoms with E-state index in [-0.39, 0.29) is 0 Å². The van der Waals surface area contributed by atoms with Gasteiger partial charge in [0.25, 0.3) is 0 Å². The lowest BCUT2D eigenvalue weighted by Crippen LogP contribution is -2.06. The molecule has 0 fully saturated rings. The summed E-state index contributed by atoms with van der Waals surface area (Å²) >= 11 is 1.74. The number of para-hydroxylation sites is 1. The molecule has 0 radical (unpaired) electrons. The van der Waals surface area contributed by atoms with Crippen molar-refractivity contribution in [2.75, 3.05) is 0 Å². The van der Waals surface area contributed by atoms with E-state index in [1.807, 2.05) is 0 Å². The number of rotatable bonds is 3. The molecule has 48 heavy (non-hydrogen) atoms. The van der Waals surface area contributed by atoms with Crippen molar-refractivity contribution in [2.24, 2.45) is 4.99 Å². The second kappa shape index (κ2) is 9.31. The Balaban J connectivity index is 1.29. The van der Waals surface area contributed by atoms with Gasteiger partial charge in [-0.05, 0) is 59.2 Å². The van der Waals surface area contributed by atoms with Gasteiger partial charge in [-0.15, -0.1) is 11.3 Å². The summed E-state index contributed by atoms with van der Waals surface area (Å²) in [7, 11) is 0. The standard InChI is InChI=1S/C44H27N3S/c1-25(27-11-4-3-5-12-27)38-32-15-7-9-18-37(32)48-44(38)45-26(2)46-35-23-20-28-13-10-17-34-39(28)41(35)42-36(46)24-21-29-19-22-31-30-14-6-8-16-33(30)47(34)43(31)40(29)42/h3-24H,1H2,2H3. The summed E-state index contributed by atoms with van der Waals surface area (Å²) in [6.07, 6.45) is 0. The van der Waals surface area contributed by atoms with Crippen LogP contribution in [0.4, 0.5) is 5.00 Å². The molecule has 0 spiro atoms. The zero-order valence-electron chi connectivity index (χ0n) is 26.2. The highest BCUT2D eigenvalue weighted by Crippen LogP contribution is 2.48. The van der Waals surface area contributed by atoms with Crippen molar-refractivity contribution in [1.82, 2.24) is 8.97 Å². The van der Waals surface area contributed by atoms with Crippen molar-refractivity contribution in [3.8, 4) is 0 Å². The molecule has 4 aromatic heterocycles. The Hall–Kier alpha value is -5.97. The van der Waals surface area contributed by atoms with Gasteiger partial charge < -0.3 is 4.40 Å². The molecule has 0 aliphatic rings. The van der Waals surface area contributed by atoms with Gasteiger partial charge in [-0.1, -0.05) is 110 Å². The van der Waals surface area contributed by atoms with Crippen LogP contribution in [0.5, 0.6) is 0 Å². The Morgan fingerprint density at radius 1 is 0.562 bits per heavy atom. The lowest BCUT2D eigenvalue weighted by atomic mass is 9.98. The quantitative estimate of drug-likeness (QED) is 0.137. The minimum absolute atomic E-state index is 0.938. The topological polar surface area (TPSA) is 21.7 Å². The first-order chi connectivity index (χ1) is 23.7. The zero-order valence-corrected chi connectivity index (χ0v) is 27.0. The third-order valence-corrected chi connectivity index (χ3v) is 11.4. The van der Waals surface area contributed by atoms with E-state index in [1.54, 1.807) is 11.3 Å². The van der Waals surface area contributed by atoms with E-state index in [0.29, 0.717) is 0 Å². The van der Waals surface area contributed by atoms with Crippen molar-refractivity contribution in [3.63, 3.8) is 0 Å². The second-order valence-corrected chi connectivity index (χ2v) is 13.9. The molecule has 0 bridgehead atoms. The molecule has 0 aliphatic heterocycles. The van der Waals surface area contributed by atoms with Crippen molar-refractivity contribution in [2.45, 2.75) is 6.92 Å². The van der Waals surface area contributed by atoms with Crippen LogP contribution in [0.15, 0.2) is 145 Å². The minimum Gasteiger partial charge on any atom is -0.308 e. The molecule has 0 saturated heterocycles. The van der Waals surface area contributed by atoms with E-state index in [2.05, 4.69) is 156 Å². The number of fused-ring (bicyclic) bond motifs is 5. The van der Waals surface area contributed by atoms with Crippen LogP contribution < -0.4 is 0 Å². The molecule has 11 aromatic rings. The van der Waals surface area contributed by atoms with Crippen molar-refractivity contribution in [3.05, 3.63) is 151 Å². The fourth-order valence-electron chi connectivity index (χ4n) is 8.38. The number of aromatic nitrogens is 2. The van der Waals surface area contributed by atoms with Gasteiger partial charge in [0, 0.05) is 48.0 Å². The predicted octanol–water partition coefficient (Wildman–Crippen LogP) is 12.4. The summed E-state index contributed by atoms with van der Waals surface area (Å²) in [6.45, 7) is 6.75. The minimum atomic E-state index is 0.938. The van der Waals surface area contributed by atoms with Gasteiger partial charge in [-0.3, -0.25) is 4.57 Å². The maximum absolute atomic E-state index is 5.49. The fourth-order valence-corrected chi connectivity index (χ4v) is 9.53. The van der Waals surface area contributed by atoms with Gasteiger partial charge in [0.1, 0.15) is 10.8 Å². The van der Waals surface area contributed by atoms with E-state index < -0.39 is 0 Å². The molecule has 0 amide bonds. The predicted molar refractivity (Wildman–Crippen MR) is 207 cm³/mol. The summed E-state index contributed by atoms with van der Waals surface area (Å²) in [5.41, 5.74) is 9.31. The summed E-state index contributed by atoms with van der Waals surface area (Å²) in [6, 6.07) is 48.4. The second-order valence-electron chi connectivity index (χ2n) is 12.8. The number of nitrogens with zero attached hydrogens (tertiary/aromatic N) is 3. The van der Waals surface area contributed by atoms with Crippen LogP contribution in [0, 0.1) is 0 Å². The highest BCUT2D eigenvalue weighted by atomic mass is 32.1. The Morgan fingerprint density at radius 2 is 1.23 bits per heavy atom. The Labute approximate surface area is 279 Å². The number of hydrogen-bond acceptors (Lipinski definition) is 2. The van der Waals surface area contributed by atoms with Gasteiger partial charge >= 0.3 is 0 Å². The zero-order chi connectivity index (χ0) is 31.7. The molecular weight excluding hydrogens is 603 g/mol. The van der Waals surface area contributed by atoms with E-state index in [9.17, 15) is 0 Å². The van der Waals surface area contributed by atoms with Crippen LogP contribution in [0.25, 0.3) is 86.3 Å². The average molecular weight is 630 g/mol. The maximum atomic E-state index is 5.49. The molecule has 0 saturated carbocycles. The van der Waals surface area contributed by atoms with Crippen LogP contribution in [0.1, 0.15) is 18.1 Å². The monoisotopic (exact) mass is 629 g/mol. The molecule has 0 atom stereocenters. The van der Waals surface area contributed by atoms with Crippen LogP contribution in [-0.2, 0) is 0 Å². The molecule has 0 aliphatic carbocycles. The first-order valence-corrected chi connectivity index (χ1v) is 17.2. The summed E-state index contributed by atoms with van der Waals surface area (Å²) in [4.78, 5) is 5.49. The number of aliphatic imine (C=N–C) groups is 1. The third-order valence-electron chi connectivity index (χ3n) is 10.4. The number of benzene rings is 7. The molecular formula is C44H27N3S. The average Bonchev–Trinajstić information content (AvgIpc) is 3.75. The van der Waals surface area contributed by atoms with E-state index in [1.165, 1.54) is 80.8 Å². The third kappa shape index (κ3) is 3.25. The van der Waals surface area contributed by atoms with E-state index in [0.717, 1.165) is 27.5 Å². The van der Waals surface area contributed by atoms with Gasteiger partial charge in [-0.25, -0.2) is 4.99 Å². The van der Waals surface area contributed by atoms with Gasteiger partial charge in [0.05, 0.1) is 27.6 Å². The number of thiophene rings is 1. The van der Waals surface area contributed by atoms with Crippen molar-refractivity contribution in [1.29, 1.82) is 0 Å².